The molecule has 1 aromatic heterocycles. The van der Waals surface area contributed by atoms with Gasteiger partial charge in [0.2, 0.25) is 10.0 Å². The van der Waals surface area contributed by atoms with Crippen molar-refractivity contribution in [3.8, 4) is 0 Å². The summed E-state index contributed by atoms with van der Waals surface area (Å²) in [7, 11) is -3.76. The van der Waals surface area contributed by atoms with Crippen LogP contribution in [0.1, 0.15) is 29.8 Å². The highest BCUT2D eigenvalue weighted by Gasteiger charge is 2.30. The van der Waals surface area contributed by atoms with Crippen molar-refractivity contribution in [2.45, 2.75) is 31.7 Å². The maximum absolute atomic E-state index is 13.1. The van der Waals surface area contributed by atoms with Gasteiger partial charge < -0.3 is 14.2 Å². The van der Waals surface area contributed by atoms with E-state index < -0.39 is 22.0 Å². The number of thiazole rings is 1. The van der Waals surface area contributed by atoms with Crippen LogP contribution < -0.4 is 4.80 Å². The molecule has 2 amide bonds. The van der Waals surface area contributed by atoms with Gasteiger partial charge in [-0.25, -0.2) is 13.2 Å². The Morgan fingerprint density at radius 3 is 2.41 bits per heavy atom. The van der Waals surface area contributed by atoms with Gasteiger partial charge in [-0.2, -0.15) is 9.30 Å². The van der Waals surface area contributed by atoms with Crippen molar-refractivity contribution < 1.29 is 22.7 Å². The normalized spacial score (nSPS) is 15.2. The second kappa shape index (κ2) is 11.4. The highest BCUT2D eigenvalue weighted by Crippen LogP contribution is 2.21. The number of hydrogen-bond acceptors (Lipinski definition) is 6. The molecule has 1 saturated heterocycles. The molecule has 3 aromatic rings. The predicted octanol–water partition coefficient (Wildman–Crippen LogP) is 3.66. The van der Waals surface area contributed by atoms with Crippen LogP contribution in [0.2, 0.25) is 0 Å². The number of amides is 2. The van der Waals surface area contributed by atoms with Gasteiger partial charge in [0, 0.05) is 38.3 Å². The average molecular weight is 543 g/mol. The molecule has 1 aliphatic heterocycles. The number of rotatable bonds is 7. The number of aromatic nitrogens is 1. The Morgan fingerprint density at radius 1 is 1.08 bits per heavy atom. The highest BCUT2D eigenvalue weighted by atomic mass is 32.2. The number of hydrogen-bond donors (Lipinski definition) is 0. The first-order valence-electron chi connectivity index (χ1n) is 12.1. The average Bonchev–Trinajstić information content (AvgIpc) is 3.24. The van der Waals surface area contributed by atoms with Gasteiger partial charge in [-0.15, -0.1) is 6.58 Å². The van der Waals surface area contributed by atoms with Gasteiger partial charge in [0.15, 0.2) is 4.80 Å². The van der Waals surface area contributed by atoms with E-state index >= 15 is 0 Å². The van der Waals surface area contributed by atoms with Crippen LogP contribution in [0, 0.1) is 0 Å². The quantitative estimate of drug-likeness (QED) is 0.424. The van der Waals surface area contributed by atoms with E-state index in [0.29, 0.717) is 16.9 Å². The van der Waals surface area contributed by atoms with Gasteiger partial charge in [-0.05, 0) is 55.3 Å². The molecule has 11 heteroatoms. The lowest BCUT2D eigenvalue weighted by molar-refractivity contribution is 0.0933. The lowest BCUT2D eigenvalue weighted by Crippen LogP contribution is -2.50. The number of ether oxygens (including phenoxy) is 1. The number of benzene rings is 2. The molecule has 37 heavy (non-hydrogen) atoms. The lowest BCUT2D eigenvalue weighted by atomic mass is 10.2. The first-order valence-corrected chi connectivity index (χ1v) is 14.4. The zero-order chi connectivity index (χ0) is 26.6. The van der Waals surface area contributed by atoms with E-state index in [2.05, 4.69) is 30.6 Å². The van der Waals surface area contributed by atoms with Crippen LogP contribution in [0.4, 0.5) is 4.79 Å². The molecule has 0 radical (unpaired) electrons. The number of carbonyl (C=O) groups excluding carboxylic acids is 2. The molecule has 0 unspecified atom stereocenters. The van der Waals surface area contributed by atoms with Gasteiger partial charge in [-0.1, -0.05) is 30.4 Å². The fourth-order valence-corrected chi connectivity index (χ4v) is 6.65. The van der Waals surface area contributed by atoms with Crippen LogP contribution in [0.5, 0.6) is 0 Å². The van der Waals surface area contributed by atoms with Gasteiger partial charge in [-0.3, -0.25) is 4.79 Å². The maximum atomic E-state index is 13.1. The highest BCUT2D eigenvalue weighted by molar-refractivity contribution is 7.89. The van der Waals surface area contributed by atoms with Crippen molar-refractivity contribution in [3.63, 3.8) is 0 Å². The Balaban J connectivity index is 1.54. The molecular formula is C26H30N4O5S2. The van der Waals surface area contributed by atoms with Gasteiger partial charge in [0.25, 0.3) is 5.91 Å². The molecule has 1 fully saturated rings. The Bertz CT molecular complexity index is 1480. The van der Waals surface area contributed by atoms with Crippen LogP contribution in [0.25, 0.3) is 10.2 Å². The second-order valence-corrected chi connectivity index (χ2v) is 11.4. The second-order valence-electron chi connectivity index (χ2n) is 8.47. The third kappa shape index (κ3) is 5.68. The van der Waals surface area contributed by atoms with E-state index in [-0.39, 0.29) is 37.7 Å². The molecule has 9 nitrogen and oxygen atoms in total. The number of carbonyl (C=O) groups is 2. The third-order valence-electron chi connectivity index (χ3n) is 6.17. The molecule has 0 bridgehead atoms. The molecule has 0 saturated carbocycles. The Labute approximate surface area is 220 Å². The number of aryl methyl sites for hydroxylation is 1. The largest absolute Gasteiger partial charge is 0.450 e. The zero-order valence-electron chi connectivity index (χ0n) is 20.9. The molecular weight excluding hydrogens is 512 g/mol. The van der Waals surface area contributed by atoms with Crippen molar-refractivity contribution in [1.29, 1.82) is 0 Å². The fraction of sp³-hybridized carbons (Fsp3) is 0.346. The molecule has 0 atom stereocenters. The molecule has 196 valence electrons. The van der Waals surface area contributed by atoms with E-state index in [1.54, 1.807) is 13.0 Å². The van der Waals surface area contributed by atoms with Crippen molar-refractivity contribution in [3.05, 3.63) is 71.0 Å². The van der Waals surface area contributed by atoms with Crippen molar-refractivity contribution >= 4 is 43.6 Å². The maximum Gasteiger partial charge on any atom is 0.409 e. The number of allylic oxidation sites excluding steroid dienone is 1. The van der Waals surface area contributed by atoms with Crippen LogP contribution in [-0.2, 0) is 27.7 Å². The summed E-state index contributed by atoms with van der Waals surface area (Å²) in [6.45, 7) is 9.28. The van der Waals surface area contributed by atoms with Crippen molar-refractivity contribution in [1.82, 2.24) is 13.8 Å². The molecule has 0 aliphatic carbocycles. The summed E-state index contributed by atoms with van der Waals surface area (Å²) in [4.78, 5) is 31.4. The lowest BCUT2D eigenvalue weighted by Gasteiger charge is -2.33. The summed E-state index contributed by atoms with van der Waals surface area (Å²) in [6, 6.07) is 12.0. The number of piperazine rings is 1. The first kappa shape index (κ1) is 26.8. The molecule has 2 heterocycles. The van der Waals surface area contributed by atoms with Gasteiger partial charge >= 0.3 is 6.09 Å². The predicted molar refractivity (Wildman–Crippen MR) is 143 cm³/mol. The smallest absolute Gasteiger partial charge is 0.409 e. The van der Waals surface area contributed by atoms with Crippen LogP contribution in [0.15, 0.2) is 65.0 Å². The van der Waals surface area contributed by atoms with Crippen molar-refractivity contribution in [2.75, 3.05) is 32.8 Å². The SMILES string of the molecule is C=CCn1c(=NC(=O)c2ccc(S(=O)(=O)N3CCN(C(=O)OCC)CC3)cc2)sc2cc(CC)ccc21. The number of sulfonamides is 1. The van der Waals surface area contributed by atoms with Crippen LogP contribution in [0.3, 0.4) is 0 Å². The minimum absolute atomic E-state index is 0.0873. The molecule has 2 aromatic carbocycles. The summed E-state index contributed by atoms with van der Waals surface area (Å²) < 4.78 is 35.5. The van der Waals surface area contributed by atoms with Gasteiger partial charge in [0.1, 0.15) is 0 Å². The monoisotopic (exact) mass is 542 g/mol. The molecule has 1 aliphatic rings. The summed E-state index contributed by atoms with van der Waals surface area (Å²) in [5.74, 6) is -0.452. The minimum Gasteiger partial charge on any atom is -0.450 e. The Hall–Kier alpha value is -3.28. The first-order chi connectivity index (χ1) is 17.8. The summed E-state index contributed by atoms with van der Waals surface area (Å²) in [5, 5.41) is 0. The van der Waals surface area contributed by atoms with Gasteiger partial charge in [0.05, 0.1) is 21.7 Å². The molecule has 0 N–H and O–H groups in total. The molecule has 4 rings (SSSR count). The summed E-state index contributed by atoms with van der Waals surface area (Å²) >= 11 is 1.44. The minimum atomic E-state index is -3.76. The standard InChI is InChI=1S/C26H30N4O5S2/c1-4-13-30-22-12-7-19(5-2)18-23(22)36-25(30)27-24(31)20-8-10-21(11-9-20)37(33,34)29-16-14-28(15-17-29)26(32)35-6-3/h4,7-12,18H,1,5-6,13-17H2,2-3H3. The summed E-state index contributed by atoms with van der Waals surface area (Å²) in [5.41, 5.74) is 2.48. The van der Waals surface area contributed by atoms with E-state index in [1.165, 1.54) is 50.4 Å². The number of fused-ring (bicyclic) bond motifs is 1. The Kier molecular flexibility index (Phi) is 8.25. The van der Waals surface area contributed by atoms with Crippen molar-refractivity contribution in [2.24, 2.45) is 4.99 Å². The van der Waals surface area contributed by atoms with E-state index in [1.807, 2.05) is 10.6 Å². The topological polar surface area (TPSA) is 101 Å². The zero-order valence-corrected chi connectivity index (χ0v) is 22.6. The number of nitrogens with zero attached hydrogens (tertiary/aromatic N) is 4. The fourth-order valence-electron chi connectivity index (χ4n) is 4.12. The van der Waals surface area contributed by atoms with Crippen LogP contribution >= 0.6 is 11.3 Å². The molecule has 0 spiro atoms. The summed E-state index contributed by atoms with van der Waals surface area (Å²) in [6.07, 6.45) is 2.23. The third-order valence-corrected chi connectivity index (χ3v) is 9.12. The van der Waals surface area contributed by atoms with E-state index in [0.717, 1.165) is 16.6 Å². The van der Waals surface area contributed by atoms with Crippen LogP contribution in [-0.4, -0.2) is 67.0 Å². The van der Waals surface area contributed by atoms with E-state index in [9.17, 15) is 18.0 Å². The Morgan fingerprint density at radius 2 is 1.78 bits per heavy atom. The van der Waals surface area contributed by atoms with E-state index in [4.69, 9.17) is 4.74 Å².